The number of para-hydroxylation sites is 1. The molecular weight excluding hydrogens is 289 g/mol. The molecule has 0 fully saturated rings. The van der Waals surface area contributed by atoms with Gasteiger partial charge in [0.15, 0.2) is 5.82 Å². The minimum Gasteiger partial charge on any atom is -0.398 e. The Balaban J connectivity index is 1.72. The van der Waals surface area contributed by atoms with E-state index >= 15 is 0 Å². The van der Waals surface area contributed by atoms with Gasteiger partial charge >= 0.3 is 0 Å². The maximum absolute atomic E-state index is 13.1. The molecule has 2 N–H and O–H groups in total. The van der Waals surface area contributed by atoms with Gasteiger partial charge in [0.2, 0.25) is 0 Å². The summed E-state index contributed by atoms with van der Waals surface area (Å²) in [7, 11) is 0. The summed E-state index contributed by atoms with van der Waals surface area (Å²) >= 11 is 1.44. The van der Waals surface area contributed by atoms with E-state index in [4.69, 9.17) is 10.3 Å². The van der Waals surface area contributed by atoms with Gasteiger partial charge in [-0.2, -0.15) is 4.98 Å². The van der Waals surface area contributed by atoms with Crippen molar-refractivity contribution in [3.63, 3.8) is 0 Å². The molecule has 0 aliphatic rings. The molecule has 0 saturated carbocycles. The summed E-state index contributed by atoms with van der Waals surface area (Å²) in [5.41, 5.74) is 7.17. The molecule has 3 aromatic rings. The molecule has 0 unspecified atom stereocenters. The van der Waals surface area contributed by atoms with Crippen molar-refractivity contribution in [2.45, 2.75) is 10.6 Å². The van der Waals surface area contributed by atoms with Crippen LogP contribution in [0, 0.1) is 5.82 Å². The predicted molar refractivity (Wildman–Crippen MR) is 80.1 cm³/mol. The molecule has 1 aromatic heterocycles. The molecule has 21 heavy (non-hydrogen) atoms. The number of thioether (sulfide) groups is 1. The van der Waals surface area contributed by atoms with Crippen molar-refractivity contribution in [3.8, 4) is 11.5 Å². The lowest BCUT2D eigenvalue weighted by atomic mass is 10.2. The van der Waals surface area contributed by atoms with Crippen LogP contribution in [0.4, 0.5) is 10.1 Å². The van der Waals surface area contributed by atoms with Crippen LogP contribution in [0.15, 0.2) is 57.9 Å². The smallest absolute Gasteiger partial charge is 0.260 e. The first kappa shape index (κ1) is 13.6. The summed E-state index contributed by atoms with van der Waals surface area (Å²) < 4.78 is 18.3. The quantitative estimate of drug-likeness (QED) is 0.587. The molecule has 0 aliphatic heterocycles. The van der Waals surface area contributed by atoms with Gasteiger partial charge in [-0.25, -0.2) is 4.39 Å². The summed E-state index contributed by atoms with van der Waals surface area (Å²) in [4.78, 5) is 5.13. The van der Waals surface area contributed by atoms with Gasteiger partial charge in [0, 0.05) is 10.6 Å². The average Bonchev–Trinajstić information content (AvgIpc) is 2.94. The predicted octanol–water partition coefficient (Wildman–Crippen LogP) is 3.75. The van der Waals surface area contributed by atoms with E-state index < -0.39 is 0 Å². The number of anilines is 1. The highest BCUT2D eigenvalue weighted by molar-refractivity contribution is 7.98. The minimum atomic E-state index is -0.258. The highest BCUT2D eigenvalue weighted by atomic mass is 32.2. The van der Waals surface area contributed by atoms with Crippen molar-refractivity contribution < 1.29 is 8.91 Å². The van der Waals surface area contributed by atoms with Gasteiger partial charge < -0.3 is 10.3 Å². The van der Waals surface area contributed by atoms with E-state index in [1.807, 2.05) is 24.3 Å². The topological polar surface area (TPSA) is 64.9 Å². The fraction of sp³-hybridized carbons (Fsp3) is 0.0667. The van der Waals surface area contributed by atoms with Crippen molar-refractivity contribution in [3.05, 3.63) is 60.2 Å². The molecule has 0 aliphatic carbocycles. The van der Waals surface area contributed by atoms with Crippen LogP contribution in [-0.4, -0.2) is 10.1 Å². The zero-order valence-electron chi connectivity index (χ0n) is 11.0. The Hall–Kier alpha value is -2.34. The van der Waals surface area contributed by atoms with Crippen LogP contribution in [0.2, 0.25) is 0 Å². The normalized spacial score (nSPS) is 10.7. The highest BCUT2D eigenvalue weighted by Gasteiger charge is 2.11. The molecule has 2 aromatic carbocycles. The van der Waals surface area contributed by atoms with E-state index in [1.165, 1.54) is 23.9 Å². The number of nitrogens with two attached hydrogens (primary N) is 1. The summed E-state index contributed by atoms with van der Waals surface area (Å²) in [6.07, 6.45) is 0. The molecule has 1 heterocycles. The number of halogens is 1. The molecule has 0 amide bonds. The lowest BCUT2D eigenvalue weighted by Gasteiger charge is -1.98. The van der Waals surface area contributed by atoms with Crippen LogP contribution >= 0.6 is 11.8 Å². The summed E-state index contributed by atoms with van der Waals surface area (Å²) in [6, 6.07) is 13.7. The third kappa shape index (κ3) is 3.22. The Morgan fingerprint density at radius 2 is 2.00 bits per heavy atom. The Morgan fingerprint density at radius 3 is 2.81 bits per heavy atom. The number of hydrogen-bond donors (Lipinski definition) is 1. The maximum Gasteiger partial charge on any atom is 0.260 e. The SMILES string of the molecule is Nc1ccccc1-c1nc(CSc2cccc(F)c2)no1. The summed E-state index contributed by atoms with van der Waals surface area (Å²) in [6.45, 7) is 0. The van der Waals surface area contributed by atoms with Gasteiger partial charge in [-0.3, -0.25) is 0 Å². The second kappa shape index (κ2) is 5.97. The zero-order valence-corrected chi connectivity index (χ0v) is 11.8. The van der Waals surface area contributed by atoms with E-state index in [9.17, 15) is 4.39 Å². The van der Waals surface area contributed by atoms with Crippen LogP contribution in [0.25, 0.3) is 11.5 Å². The maximum atomic E-state index is 13.1. The third-order valence-electron chi connectivity index (χ3n) is 2.82. The van der Waals surface area contributed by atoms with Crippen molar-refractivity contribution in [1.29, 1.82) is 0 Å². The number of nitrogen functional groups attached to an aromatic ring is 1. The van der Waals surface area contributed by atoms with Gasteiger partial charge in [-0.1, -0.05) is 23.4 Å². The third-order valence-corrected chi connectivity index (χ3v) is 3.81. The van der Waals surface area contributed by atoms with E-state index in [0.717, 1.165) is 4.90 Å². The lowest BCUT2D eigenvalue weighted by molar-refractivity contribution is 0.425. The molecule has 3 rings (SSSR count). The summed E-state index contributed by atoms with van der Waals surface area (Å²) in [5.74, 6) is 1.18. The monoisotopic (exact) mass is 301 g/mol. The van der Waals surface area contributed by atoms with Gasteiger partial charge in [0.05, 0.1) is 11.3 Å². The Kier molecular flexibility index (Phi) is 3.87. The molecule has 0 atom stereocenters. The fourth-order valence-electron chi connectivity index (χ4n) is 1.82. The Morgan fingerprint density at radius 1 is 1.14 bits per heavy atom. The van der Waals surface area contributed by atoms with Crippen LogP contribution in [0.1, 0.15) is 5.82 Å². The van der Waals surface area contributed by atoms with E-state index in [2.05, 4.69) is 10.1 Å². The van der Waals surface area contributed by atoms with Crippen molar-refractivity contribution >= 4 is 17.4 Å². The molecule has 4 nitrogen and oxygen atoms in total. The van der Waals surface area contributed by atoms with Crippen LogP contribution < -0.4 is 5.73 Å². The number of nitrogens with zero attached hydrogens (tertiary/aromatic N) is 2. The van der Waals surface area contributed by atoms with Crippen molar-refractivity contribution in [2.24, 2.45) is 0 Å². The second-order valence-electron chi connectivity index (χ2n) is 4.35. The Bertz CT molecular complexity index is 760. The largest absolute Gasteiger partial charge is 0.398 e. The van der Waals surface area contributed by atoms with Crippen LogP contribution in [-0.2, 0) is 5.75 Å². The van der Waals surface area contributed by atoms with E-state index in [0.29, 0.717) is 28.7 Å². The second-order valence-corrected chi connectivity index (χ2v) is 5.40. The van der Waals surface area contributed by atoms with Crippen molar-refractivity contribution in [1.82, 2.24) is 10.1 Å². The van der Waals surface area contributed by atoms with Crippen LogP contribution in [0.5, 0.6) is 0 Å². The first-order chi connectivity index (χ1) is 10.2. The molecule has 0 saturated heterocycles. The Labute approximate surface area is 125 Å². The fourth-order valence-corrected chi connectivity index (χ4v) is 2.60. The molecule has 0 spiro atoms. The number of hydrogen-bond acceptors (Lipinski definition) is 5. The van der Waals surface area contributed by atoms with Gasteiger partial charge in [-0.05, 0) is 30.3 Å². The first-order valence-corrected chi connectivity index (χ1v) is 7.27. The molecule has 0 bridgehead atoms. The van der Waals surface area contributed by atoms with Gasteiger partial charge in [-0.15, -0.1) is 11.8 Å². The zero-order chi connectivity index (χ0) is 14.7. The molecule has 6 heteroatoms. The summed E-state index contributed by atoms with van der Waals surface area (Å²) in [5, 5.41) is 3.91. The number of rotatable bonds is 4. The molecular formula is C15H12FN3OS. The highest BCUT2D eigenvalue weighted by Crippen LogP contribution is 2.26. The van der Waals surface area contributed by atoms with E-state index in [-0.39, 0.29) is 5.82 Å². The number of benzene rings is 2. The van der Waals surface area contributed by atoms with Gasteiger partial charge in [0.1, 0.15) is 5.82 Å². The first-order valence-electron chi connectivity index (χ1n) is 6.28. The molecule has 106 valence electrons. The minimum absolute atomic E-state index is 0.258. The lowest BCUT2D eigenvalue weighted by Crippen LogP contribution is -1.89. The van der Waals surface area contributed by atoms with Gasteiger partial charge in [0.25, 0.3) is 5.89 Å². The standard InChI is InChI=1S/C15H12FN3OS/c16-10-4-3-5-11(8-10)21-9-14-18-15(20-19-14)12-6-1-2-7-13(12)17/h1-8H,9,17H2. The average molecular weight is 301 g/mol. The molecule has 0 radical (unpaired) electrons. The number of aromatic nitrogens is 2. The van der Waals surface area contributed by atoms with E-state index in [1.54, 1.807) is 12.1 Å². The van der Waals surface area contributed by atoms with Crippen molar-refractivity contribution in [2.75, 3.05) is 5.73 Å². The van der Waals surface area contributed by atoms with Crippen LogP contribution in [0.3, 0.4) is 0 Å².